The zero-order valence-corrected chi connectivity index (χ0v) is 21.6. The van der Waals surface area contributed by atoms with Gasteiger partial charge in [-0.2, -0.15) is 0 Å². The summed E-state index contributed by atoms with van der Waals surface area (Å²) in [6.07, 6.45) is 0.777. The summed E-state index contributed by atoms with van der Waals surface area (Å²) in [5.74, 6) is -1.02. The van der Waals surface area contributed by atoms with E-state index < -0.39 is 5.41 Å². The highest BCUT2D eigenvalue weighted by Crippen LogP contribution is 2.37. The van der Waals surface area contributed by atoms with Crippen molar-refractivity contribution >= 4 is 17.5 Å². The van der Waals surface area contributed by atoms with Crippen LogP contribution in [0.25, 0.3) is 11.1 Å². The summed E-state index contributed by atoms with van der Waals surface area (Å²) in [5, 5.41) is 0. The standard InChI is InChI=1S/C32H29F2N3O2/c1-22-2-16-29(17-3-22)35-36-31(39)32(26-10-14-28(34)15-11-26)18-20-37(21-19-32)30(38)25-6-4-23(5-7-25)24-8-12-27(33)13-9-24/h2-17,35H,18-21H2,1H3,(H,36,39). The van der Waals surface area contributed by atoms with Gasteiger partial charge in [-0.25, -0.2) is 8.78 Å². The summed E-state index contributed by atoms with van der Waals surface area (Å²) in [7, 11) is 0. The molecule has 0 atom stereocenters. The molecule has 0 spiro atoms. The molecule has 0 saturated carbocycles. The summed E-state index contributed by atoms with van der Waals surface area (Å²) in [5.41, 5.74) is 9.76. The summed E-state index contributed by atoms with van der Waals surface area (Å²) < 4.78 is 27.0. The number of hydrogen-bond donors (Lipinski definition) is 2. The van der Waals surface area contributed by atoms with E-state index in [0.717, 1.165) is 22.4 Å². The van der Waals surface area contributed by atoms with Gasteiger partial charge in [0.2, 0.25) is 5.91 Å². The third kappa shape index (κ3) is 5.67. The van der Waals surface area contributed by atoms with Crippen molar-refractivity contribution in [1.82, 2.24) is 10.3 Å². The molecule has 1 aliphatic rings. The summed E-state index contributed by atoms with van der Waals surface area (Å²) in [4.78, 5) is 28.6. The van der Waals surface area contributed by atoms with Crippen LogP contribution in [0, 0.1) is 18.6 Å². The Morgan fingerprint density at radius 1 is 0.718 bits per heavy atom. The average Bonchev–Trinajstić information content (AvgIpc) is 2.97. The molecule has 0 aromatic heterocycles. The predicted octanol–water partition coefficient (Wildman–Crippen LogP) is 6.26. The van der Waals surface area contributed by atoms with Crippen molar-refractivity contribution in [2.45, 2.75) is 25.2 Å². The molecular weight excluding hydrogens is 496 g/mol. The summed E-state index contributed by atoms with van der Waals surface area (Å²) in [6, 6.07) is 27.1. The van der Waals surface area contributed by atoms with Gasteiger partial charge in [0.05, 0.1) is 11.1 Å². The minimum atomic E-state index is -0.922. The number of anilines is 1. The van der Waals surface area contributed by atoms with E-state index >= 15 is 0 Å². The number of carbonyl (C=O) groups is 2. The molecule has 5 nitrogen and oxygen atoms in total. The number of carbonyl (C=O) groups excluding carboxylic acids is 2. The number of halogens is 2. The maximum atomic E-state index is 13.7. The SMILES string of the molecule is Cc1ccc(NNC(=O)C2(c3ccc(F)cc3)CCN(C(=O)c3ccc(-c4ccc(F)cc4)cc3)CC2)cc1. The summed E-state index contributed by atoms with van der Waals surface area (Å²) >= 11 is 0. The van der Waals surface area contributed by atoms with Crippen molar-refractivity contribution in [1.29, 1.82) is 0 Å². The van der Waals surface area contributed by atoms with Crippen molar-refractivity contribution in [3.63, 3.8) is 0 Å². The van der Waals surface area contributed by atoms with Gasteiger partial charge >= 0.3 is 0 Å². The second kappa shape index (κ2) is 11.1. The molecular formula is C32H29F2N3O2. The molecule has 7 heteroatoms. The topological polar surface area (TPSA) is 61.4 Å². The molecule has 4 aromatic rings. The monoisotopic (exact) mass is 525 g/mol. The van der Waals surface area contributed by atoms with Crippen LogP contribution in [-0.4, -0.2) is 29.8 Å². The second-order valence-corrected chi connectivity index (χ2v) is 9.91. The van der Waals surface area contributed by atoms with Crippen LogP contribution in [0.4, 0.5) is 14.5 Å². The molecule has 1 heterocycles. The van der Waals surface area contributed by atoms with Crippen molar-refractivity contribution in [3.8, 4) is 11.1 Å². The van der Waals surface area contributed by atoms with Crippen molar-refractivity contribution in [2.24, 2.45) is 0 Å². The smallest absolute Gasteiger partial charge is 0.253 e. The van der Waals surface area contributed by atoms with Gasteiger partial charge in [0, 0.05) is 18.7 Å². The Labute approximate surface area is 226 Å². The van der Waals surface area contributed by atoms with Crippen LogP contribution in [0.15, 0.2) is 97.1 Å². The van der Waals surface area contributed by atoms with Crippen LogP contribution in [0.3, 0.4) is 0 Å². The molecule has 5 rings (SSSR count). The number of benzene rings is 4. The number of hydrazine groups is 1. The molecule has 39 heavy (non-hydrogen) atoms. The fourth-order valence-electron chi connectivity index (χ4n) is 5.02. The fraction of sp³-hybridized carbons (Fsp3) is 0.188. The molecule has 4 aromatic carbocycles. The molecule has 0 radical (unpaired) electrons. The fourth-order valence-corrected chi connectivity index (χ4v) is 5.02. The largest absolute Gasteiger partial charge is 0.339 e. The van der Waals surface area contributed by atoms with Crippen molar-refractivity contribution < 1.29 is 18.4 Å². The Hall–Kier alpha value is -4.52. The zero-order valence-electron chi connectivity index (χ0n) is 21.6. The maximum absolute atomic E-state index is 13.7. The van der Waals surface area contributed by atoms with Gasteiger partial charge < -0.3 is 4.90 Å². The van der Waals surface area contributed by atoms with E-state index in [1.807, 2.05) is 43.3 Å². The third-order valence-corrected chi connectivity index (χ3v) is 7.42. The lowest BCUT2D eigenvalue weighted by Crippen LogP contribution is -2.53. The van der Waals surface area contributed by atoms with Crippen molar-refractivity contribution in [3.05, 3.63) is 125 Å². The maximum Gasteiger partial charge on any atom is 0.253 e. The molecule has 1 saturated heterocycles. The molecule has 0 unspecified atom stereocenters. The Kier molecular flexibility index (Phi) is 7.41. The first-order chi connectivity index (χ1) is 18.8. The van der Waals surface area contributed by atoms with Crippen LogP contribution < -0.4 is 10.9 Å². The highest BCUT2D eigenvalue weighted by Gasteiger charge is 2.44. The van der Waals surface area contributed by atoms with E-state index in [1.165, 1.54) is 24.3 Å². The number of piperidine rings is 1. The highest BCUT2D eigenvalue weighted by molar-refractivity contribution is 5.95. The molecule has 198 valence electrons. The predicted molar refractivity (Wildman–Crippen MR) is 148 cm³/mol. The highest BCUT2D eigenvalue weighted by atomic mass is 19.1. The first-order valence-electron chi connectivity index (χ1n) is 12.9. The van der Waals surface area contributed by atoms with Gasteiger partial charge in [0.1, 0.15) is 11.6 Å². The van der Waals surface area contributed by atoms with E-state index in [-0.39, 0.29) is 23.4 Å². The number of hydrogen-bond acceptors (Lipinski definition) is 3. The van der Waals surface area contributed by atoms with Gasteiger partial charge in [-0.05, 0) is 85.0 Å². The Morgan fingerprint density at radius 3 is 1.79 bits per heavy atom. The number of nitrogens with zero attached hydrogens (tertiary/aromatic N) is 1. The molecule has 0 aliphatic carbocycles. The van der Waals surface area contributed by atoms with Gasteiger partial charge in [-0.1, -0.05) is 54.1 Å². The van der Waals surface area contributed by atoms with Crippen LogP contribution in [0.5, 0.6) is 0 Å². The van der Waals surface area contributed by atoms with E-state index in [0.29, 0.717) is 37.1 Å². The summed E-state index contributed by atoms with van der Waals surface area (Å²) in [6.45, 7) is 2.72. The Morgan fingerprint density at radius 2 is 1.23 bits per heavy atom. The van der Waals surface area contributed by atoms with E-state index in [4.69, 9.17) is 0 Å². The minimum absolute atomic E-state index is 0.119. The van der Waals surface area contributed by atoms with Crippen molar-refractivity contribution in [2.75, 3.05) is 18.5 Å². The van der Waals surface area contributed by atoms with Gasteiger partial charge in [0.15, 0.2) is 0 Å². The second-order valence-electron chi connectivity index (χ2n) is 9.91. The molecule has 1 aliphatic heterocycles. The van der Waals surface area contributed by atoms with Crippen LogP contribution in [0.1, 0.15) is 34.3 Å². The minimum Gasteiger partial charge on any atom is -0.339 e. The lowest BCUT2D eigenvalue weighted by Gasteiger charge is -2.41. The van der Waals surface area contributed by atoms with Crippen LogP contribution in [-0.2, 0) is 10.2 Å². The molecule has 2 amide bonds. The van der Waals surface area contributed by atoms with Gasteiger partial charge in [0.25, 0.3) is 5.91 Å². The number of likely N-dealkylation sites (tertiary alicyclic amines) is 1. The lowest BCUT2D eigenvalue weighted by molar-refractivity contribution is -0.128. The first kappa shape index (κ1) is 26.1. The normalized spacial score (nSPS) is 14.5. The Bertz CT molecular complexity index is 1440. The molecule has 1 fully saturated rings. The number of rotatable bonds is 6. The van der Waals surface area contributed by atoms with Crippen LogP contribution in [0.2, 0.25) is 0 Å². The average molecular weight is 526 g/mol. The quantitative estimate of drug-likeness (QED) is 0.292. The van der Waals surface area contributed by atoms with E-state index in [2.05, 4.69) is 10.9 Å². The molecule has 0 bridgehead atoms. The van der Waals surface area contributed by atoms with Gasteiger partial charge in [-0.3, -0.25) is 20.4 Å². The first-order valence-corrected chi connectivity index (χ1v) is 12.9. The number of amides is 2. The van der Waals surface area contributed by atoms with E-state index in [1.54, 1.807) is 41.3 Å². The van der Waals surface area contributed by atoms with Crippen LogP contribution >= 0.6 is 0 Å². The lowest BCUT2D eigenvalue weighted by atomic mass is 9.72. The molecule has 2 N–H and O–H groups in total. The van der Waals surface area contributed by atoms with Gasteiger partial charge in [-0.15, -0.1) is 0 Å². The zero-order chi connectivity index (χ0) is 27.4. The van der Waals surface area contributed by atoms with E-state index in [9.17, 15) is 18.4 Å². The Balaban J connectivity index is 1.30. The third-order valence-electron chi connectivity index (χ3n) is 7.42. The number of aryl methyl sites for hydroxylation is 1. The number of nitrogens with one attached hydrogen (secondary N) is 2.